The standard InChI is InChI=1S/C17H25N3O3/c1-20(2)13(14-5-3-10-23-14)11-18-15(21)17(8-4-9-17)16(22)19-12-6-7-12/h3,5,10,12-13H,4,6-9,11H2,1-2H3,(H,18,21)(H,19,22)/t13-/m1/s1. The lowest BCUT2D eigenvalue weighted by Gasteiger charge is -2.39. The van der Waals surface area contributed by atoms with E-state index >= 15 is 0 Å². The van der Waals surface area contributed by atoms with Gasteiger partial charge in [0.15, 0.2) is 0 Å². The van der Waals surface area contributed by atoms with Gasteiger partial charge in [-0.3, -0.25) is 14.5 Å². The van der Waals surface area contributed by atoms with Gasteiger partial charge in [-0.15, -0.1) is 0 Å². The molecule has 0 aliphatic heterocycles. The molecule has 126 valence electrons. The lowest BCUT2D eigenvalue weighted by Crippen LogP contribution is -2.56. The zero-order valence-corrected chi connectivity index (χ0v) is 13.8. The van der Waals surface area contributed by atoms with E-state index < -0.39 is 5.41 Å². The van der Waals surface area contributed by atoms with E-state index in [1.165, 1.54) is 0 Å². The Labute approximate surface area is 136 Å². The van der Waals surface area contributed by atoms with Crippen molar-refractivity contribution in [2.75, 3.05) is 20.6 Å². The molecule has 2 saturated carbocycles. The number of carbonyl (C=O) groups is 2. The van der Waals surface area contributed by atoms with Crippen LogP contribution in [0.4, 0.5) is 0 Å². The highest BCUT2D eigenvalue weighted by Gasteiger charge is 2.51. The number of hydrogen-bond acceptors (Lipinski definition) is 4. The molecule has 1 aromatic heterocycles. The second-order valence-electron chi connectivity index (χ2n) is 6.89. The van der Waals surface area contributed by atoms with Crippen LogP contribution in [0.15, 0.2) is 22.8 Å². The highest BCUT2D eigenvalue weighted by molar-refractivity contribution is 6.06. The number of nitrogens with zero attached hydrogens (tertiary/aromatic N) is 1. The smallest absolute Gasteiger partial charge is 0.235 e. The van der Waals surface area contributed by atoms with Gasteiger partial charge >= 0.3 is 0 Å². The van der Waals surface area contributed by atoms with Gasteiger partial charge in [-0.2, -0.15) is 0 Å². The monoisotopic (exact) mass is 319 g/mol. The molecule has 0 aromatic carbocycles. The summed E-state index contributed by atoms with van der Waals surface area (Å²) in [4.78, 5) is 27.1. The molecule has 2 N–H and O–H groups in total. The van der Waals surface area contributed by atoms with E-state index in [1.807, 2.05) is 31.1 Å². The van der Waals surface area contributed by atoms with Crippen LogP contribution < -0.4 is 10.6 Å². The van der Waals surface area contributed by atoms with E-state index in [4.69, 9.17) is 4.42 Å². The minimum atomic E-state index is -0.859. The maximum absolute atomic E-state index is 12.7. The van der Waals surface area contributed by atoms with Gasteiger partial charge in [0.25, 0.3) is 0 Å². The maximum atomic E-state index is 12.7. The molecular weight excluding hydrogens is 294 g/mol. The van der Waals surface area contributed by atoms with Crippen LogP contribution in [0, 0.1) is 5.41 Å². The van der Waals surface area contributed by atoms with E-state index in [9.17, 15) is 9.59 Å². The van der Waals surface area contributed by atoms with Crippen LogP contribution >= 0.6 is 0 Å². The molecule has 23 heavy (non-hydrogen) atoms. The normalized spacial score (nSPS) is 20.7. The molecule has 6 heteroatoms. The Kier molecular flexibility index (Phi) is 4.43. The summed E-state index contributed by atoms with van der Waals surface area (Å²) in [7, 11) is 3.89. The number of hydrogen-bond donors (Lipinski definition) is 2. The van der Waals surface area contributed by atoms with Crippen LogP contribution in [0.5, 0.6) is 0 Å². The third-order valence-corrected chi connectivity index (χ3v) is 4.94. The number of amides is 2. The fourth-order valence-corrected chi connectivity index (χ4v) is 3.02. The second kappa shape index (κ2) is 6.35. The maximum Gasteiger partial charge on any atom is 0.235 e. The molecule has 0 saturated heterocycles. The van der Waals surface area contributed by atoms with E-state index in [2.05, 4.69) is 10.6 Å². The van der Waals surface area contributed by atoms with E-state index in [-0.39, 0.29) is 23.9 Å². The van der Waals surface area contributed by atoms with Crippen molar-refractivity contribution in [1.29, 1.82) is 0 Å². The predicted octanol–water partition coefficient (Wildman–Crippen LogP) is 1.45. The predicted molar refractivity (Wildman–Crippen MR) is 85.6 cm³/mol. The van der Waals surface area contributed by atoms with Crippen molar-refractivity contribution in [3.63, 3.8) is 0 Å². The van der Waals surface area contributed by atoms with Gasteiger partial charge in [0, 0.05) is 12.6 Å². The Morgan fingerprint density at radius 1 is 1.35 bits per heavy atom. The fraction of sp³-hybridized carbons (Fsp3) is 0.647. The fourth-order valence-electron chi connectivity index (χ4n) is 3.02. The minimum Gasteiger partial charge on any atom is -0.468 e. The largest absolute Gasteiger partial charge is 0.468 e. The molecule has 1 aromatic rings. The zero-order chi connectivity index (χ0) is 16.4. The highest BCUT2D eigenvalue weighted by atomic mass is 16.3. The third kappa shape index (κ3) is 3.27. The number of rotatable bonds is 7. The van der Waals surface area contributed by atoms with Crippen LogP contribution in [-0.2, 0) is 9.59 Å². The van der Waals surface area contributed by atoms with Gasteiger partial charge < -0.3 is 15.1 Å². The van der Waals surface area contributed by atoms with Crippen LogP contribution in [0.3, 0.4) is 0 Å². The highest BCUT2D eigenvalue weighted by Crippen LogP contribution is 2.42. The van der Waals surface area contributed by atoms with Gasteiger partial charge in [0.1, 0.15) is 11.2 Å². The van der Waals surface area contributed by atoms with Crippen molar-refractivity contribution in [2.45, 2.75) is 44.2 Å². The van der Waals surface area contributed by atoms with E-state index in [0.717, 1.165) is 25.0 Å². The lowest BCUT2D eigenvalue weighted by molar-refractivity contribution is -0.149. The molecule has 2 aliphatic carbocycles. The van der Waals surface area contributed by atoms with Crippen molar-refractivity contribution in [1.82, 2.24) is 15.5 Å². The zero-order valence-electron chi connectivity index (χ0n) is 13.8. The molecular formula is C17H25N3O3. The van der Waals surface area contributed by atoms with E-state index in [0.29, 0.717) is 19.4 Å². The van der Waals surface area contributed by atoms with Crippen molar-refractivity contribution >= 4 is 11.8 Å². The topological polar surface area (TPSA) is 74.6 Å². The molecule has 0 radical (unpaired) electrons. The quantitative estimate of drug-likeness (QED) is 0.746. The van der Waals surface area contributed by atoms with Gasteiger partial charge in [0.2, 0.25) is 11.8 Å². The first-order valence-electron chi connectivity index (χ1n) is 8.32. The molecule has 0 unspecified atom stereocenters. The number of nitrogens with one attached hydrogen (secondary N) is 2. The summed E-state index contributed by atoms with van der Waals surface area (Å²) in [5, 5.41) is 5.96. The van der Waals surface area contributed by atoms with Crippen molar-refractivity contribution in [2.24, 2.45) is 5.41 Å². The molecule has 2 fully saturated rings. The molecule has 3 rings (SSSR count). The number of likely N-dealkylation sites (N-methyl/N-ethyl adjacent to an activating group) is 1. The minimum absolute atomic E-state index is 0.0439. The SMILES string of the molecule is CN(C)[C@H](CNC(=O)C1(C(=O)NC2CC2)CCC1)c1ccco1. The van der Waals surface area contributed by atoms with Crippen molar-refractivity contribution in [3.05, 3.63) is 24.2 Å². The van der Waals surface area contributed by atoms with Crippen LogP contribution in [0.2, 0.25) is 0 Å². The summed E-state index contributed by atoms with van der Waals surface area (Å²) in [6.45, 7) is 0.428. The third-order valence-electron chi connectivity index (χ3n) is 4.94. The molecule has 0 spiro atoms. The summed E-state index contributed by atoms with van der Waals surface area (Å²) in [5.41, 5.74) is -0.859. The molecule has 6 nitrogen and oxygen atoms in total. The van der Waals surface area contributed by atoms with Crippen molar-refractivity contribution < 1.29 is 14.0 Å². The first-order valence-corrected chi connectivity index (χ1v) is 8.32. The number of carbonyl (C=O) groups excluding carboxylic acids is 2. The van der Waals surface area contributed by atoms with Crippen LogP contribution in [0.25, 0.3) is 0 Å². The van der Waals surface area contributed by atoms with Gasteiger partial charge in [-0.05, 0) is 51.9 Å². The lowest BCUT2D eigenvalue weighted by atomic mass is 9.67. The Bertz CT molecular complexity index is 560. The summed E-state index contributed by atoms with van der Waals surface area (Å²) in [5.74, 6) is 0.559. The Morgan fingerprint density at radius 2 is 2.09 bits per heavy atom. The molecule has 2 amide bonds. The van der Waals surface area contributed by atoms with Crippen LogP contribution in [0.1, 0.15) is 43.9 Å². The number of furan rings is 1. The first kappa shape index (κ1) is 16.1. The van der Waals surface area contributed by atoms with Gasteiger partial charge in [0.05, 0.1) is 12.3 Å². The molecule has 0 bridgehead atoms. The molecule has 1 heterocycles. The Balaban J connectivity index is 1.61. The summed E-state index contributed by atoms with van der Waals surface area (Å²) >= 11 is 0. The Morgan fingerprint density at radius 3 is 2.57 bits per heavy atom. The first-order chi connectivity index (χ1) is 11.0. The second-order valence-corrected chi connectivity index (χ2v) is 6.89. The molecule has 2 aliphatic rings. The van der Waals surface area contributed by atoms with Crippen LogP contribution in [-0.4, -0.2) is 43.4 Å². The average Bonchev–Trinajstić information content (AvgIpc) is 3.09. The van der Waals surface area contributed by atoms with Crippen molar-refractivity contribution in [3.8, 4) is 0 Å². The Hall–Kier alpha value is -1.82. The summed E-state index contributed by atoms with van der Waals surface area (Å²) in [6, 6.07) is 3.97. The summed E-state index contributed by atoms with van der Waals surface area (Å²) in [6.07, 6.45) is 5.91. The summed E-state index contributed by atoms with van der Waals surface area (Å²) < 4.78 is 5.45. The van der Waals surface area contributed by atoms with E-state index in [1.54, 1.807) is 6.26 Å². The van der Waals surface area contributed by atoms with Gasteiger partial charge in [-0.1, -0.05) is 6.42 Å². The average molecular weight is 319 g/mol. The van der Waals surface area contributed by atoms with Gasteiger partial charge in [-0.25, -0.2) is 0 Å². The molecule has 1 atom stereocenters.